The van der Waals surface area contributed by atoms with Gasteiger partial charge in [-0.3, -0.25) is 0 Å². The summed E-state index contributed by atoms with van der Waals surface area (Å²) < 4.78 is 2.64. The minimum atomic E-state index is -0.128. The maximum atomic E-state index is 5.30. The van der Waals surface area contributed by atoms with Gasteiger partial charge in [-0.25, -0.2) is 9.97 Å². The van der Waals surface area contributed by atoms with E-state index >= 15 is 0 Å². The number of benzene rings is 8. The highest BCUT2D eigenvalue weighted by Gasteiger charge is 2.37. The molecule has 0 bridgehead atoms. The number of nitrogens with zero attached hydrogens (tertiary/aromatic N) is 2. The molecule has 2 heterocycles. The molecule has 10 aromatic rings. The first-order valence-electron chi connectivity index (χ1n) is 19.2. The Kier molecular flexibility index (Phi) is 7.42. The summed E-state index contributed by atoms with van der Waals surface area (Å²) >= 11 is 1.87. The van der Waals surface area contributed by atoms with Crippen LogP contribution in [0, 0.1) is 0 Å². The van der Waals surface area contributed by atoms with Crippen molar-refractivity contribution in [2.24, 2.45) is 0 Å². The lowest BCUT2D eigenvalue weighted by Gasteiger charge is -2.22. The smallest absolute Gasteiger partial charge is 0.160 e. The Bertz CT molecular complexity index is 3150. The maximum Gasteiger partial charge on any atom is 0.160 e. The van der Waals surface area contributed by atoms with E-state index in [4.69, 9.17) is 9.97 Å². The third-order valence-electron chi connectivity index (χ3n) is 11.7. The lowest BCUT2D eigenvalue weighted by Crippen LogP contribution is -2.14. The Hall–Kier alpha value is -6.68. The fourth-order valence-electron chi connectivity index (χ4n) is 8.88. The highest BCUT2D eigenvalue weighted by atomic mass is 32.1. The quantitative estimate of drug-likeness (QED) is 0.176. The molecule has 0 atom stereocenters. The Balaban J connectivity index is 1.06. The molecule has 11 rings (SSSR count). The van der Waals surface area contributed by atoms with E-state index in [0.29, 0.717) is 5.82 Å². The summed E-state index contributed by atoms with van der Waals surface area (Å²) in [7, 11) is 0. The molecule has 1 aliphatic carbocycles. The van der Waals surface area contributed by atoms with Crippen LogP contribution in [0.4, 0.5) is 0 Å². The van der Waals surface area contributed by atoms with Crippen LogP contribution in [-0.2, 0) is 5.41 Å². The molecular formula is C53H36N2S. The highest BCUT2D eigenvalue weighted by molar-refractivity contribution is 7.26. The van der Waals surface area contributed by atoms with E-state index in [-0.39, 0.29) is 5.41 Å². The second-order valence-electron chi connectivity index (χ2n) is 15.3. The lowest BCUT2D eigenvalue weighted by molar-refractivity contribution is 0.661. The van der Waals surface area contributed by atoms with Crippen LogP contribution in [0.1, 0.15) is 25.0 Å². The minimum Gasteiger partial charge on any atom is -0.228 e. The highest BCUT2D eigenvalue weighted by Crippen LogP contribution is 2.54. The van der Waals surface area contributed by atoms with Gasteiger partial charge in [-0.2, -0.15) is 0 Å². The van der Waals surface area contributed by atoms with Crippen molar-refractivity contribution < 1.29 is 0 Å². The molecule has 1 aliphatic rings. The second-order valence-corrected chi connectivity index (χ2v) is 16.4. The van der Waals surface area contributed by atoms with Gasteiger partial charge >= 0.3 is 0 Å². The summed E-state index contributed by atoms with van der Waals surface area (Å²) in [4.78, 5) is 10.5. The predicted octanol–water partition coefficient (Wildman–Crippen LogP) is 14.6. The first kappa shape index (κ1) is 32.7. The standard InChI is InChI=1S/C53H36N2S/c1-53(2)45-24-13-22-42(50(45)44-30-36-16-6-7-17-37(36)31-46(44)53)39-18-8-9-19-40(39)48-32-47(54-52(55-48)35-14-4-3-5-15-35)34-28-26-33(27-29-34)38-21-12-23-43-41-20-10-11-25-49(41)56-51(38)43/h3-32H,1-2H3. The van der Waals surface area contributed by atoms with Crippen LogP contribution in [0.15, 0.2) is 182 Å². The lowest BCUT2D eigenvalue weighted by atomic mass is 9.81. The number of rotatable bonds is 5. The minimum absolute atomic E-state index is 0.128. The molecule has 56 heavy (non-hydrogen) atoms. The van der Waals surface area contributed by atoms with E-state index in [1.54, 1.807) is 0 Å². The van der Waals surface area contributed by atoms with Crippen LogP contribution in [0.5, 0.6) is 0 Å². The fourth-order valence-corrected chi connectivity index (χ4v) is 10.1. The summed E-state index contributed by atoms with van der Waals surface area (Å²) in [5.74, 6) is 0.711. The van der Waals surface area contributed by atoms with Crippen LogP contribution in [0.2, 0.25) is 0 Å². The first-order valence-corrected chi connectivity index (χ1v) is 20.1. The van der Waals surface area contributed by atoms with Crippen molar-refractivity contribution in [3.05, 3.63) is 193 Å². The fraction of sp³-hybridized carbons (Fsp3) is 0.0566. The molecule has 0 amide bonds. The zero-order chi connectivity index (χ0) is 37.4. The monoisotopic (exact) mass is 732 g/mol. The van der Waals surface area contributed by atoms with Gasteiger partial charge in [-0.15, -0.1) is 11.3 Å². The van der Waals surface area contributed by atoms with Crippen molar-refractivity contribution >= 4 is 42.3 Å². The van der Waals surface area contributed by atoms with E-state index in [2.05, 4.69) is 190 Å². The number of hydrogen-bond donors (Lipinski definition) is 0. The van der Waals surface area contributed by atoms with Crippen LogP contribution < -0.4 is 0 Å². The summed E-state index contributed by atoms with van der Waals surface area (Å²) in [5.41, 5.74) is 15.0. The van der Waals surface area contributed by atoms with Gasteiger partial charge < -0.3 is 0 Å². The van der Waals surface area contributed by atoms with Crippen molar-refractivity contribution in [3.8, 4) is 67.3 Å². The number of fused-ring (bicyclic) bond motifs is 7. The summed E-state index contributed by atoms with van der Waals surface area (Å²) in [6, 6.07) is 65.8. The van der Waals surface area contributed by atoms with E-state index < -0.39 is 0 Å². The van der Waals surface area contributed by atoms with Gasteiger partial charge in [0.2, 0.25) is 0 Å². The Morgan fingerprint density at radius 1 is 0.411 bits per heavy atom. The molecule has 2 nitrogen and oxygen atoms in total. The van der Waals surface area contributed by atoms with E-state index in [9.17, 15) is 0 Å². The third kappa shape index (κ3) is 5.16. The van der Waals surface area contributed by atoms with Gasteiger partial charge in [0.15, 0.2) is 5.82 Å². The van der Waals surface area contributed by atoms with E-state index in [1.165, 1.54) is 69.9 Å². The number of thiophene rings is 1. The molecule has 0 aliphatic heterocycles. The molecule has 0 fully saturated rings. The summed E-state index contributed by atoms with van der Waals surface area (Å²) in [5, 5.41) is 5.16. The molecule has 0 spiro atoms. The summed E-state index contributed by atoms with van der Waals surface area (Å²) in [6.07, 6.45) is 0. The van der Waals surface area contributed by atoms with Gasteiger partial charge in [-0.05, 0) is 79.5 Å². The maximum absolute atomic E-state index is 5.30. The van der Waals surface area contributed by atoms with Gasteiger partial charge in [0.1, 0.15) is 0 Å². The molecule has 0 saturated carbocycles. The van der Waals surface area contributed by atoms with Gasteiger partial charge in [0.25, 0.3) is 0 Å². The zero-order valence-electron chi connectivity index (χ0n) is 31.1. The number of aromatic nitrogens is 2. The van der Waals surface area contributed by atoms with Crippen molar-refractivity contribution in [1.29, 1.82) is 0 Å². The molecular weight excluding hydrogens is 697 g/mol. The largest absolute Gasteiger partial charge is 0.228 e. The van der Waals surface area contributed by atoms with Gasteiger partial charge in [0.05, 0.1) is 11.4 Å². The Morgan fingerprint density at radius 3 is 1.88 bits per heavy atom. The molecule has 0 N–H and O–H groups in total. The van der Waals surface area contributed by atoms with Crippen molar-refractivity contribution in [2.45, 2.75) is 19.3 Å². The van der Waals surface area contributed by atoms with Crippen LogP contribution >= 0.6 is 11.3 Å². The second kappa shape index (κ2) is 12.7. The number of hydrogen-bond acceptors (Lipinski definition) is 3. The summed E-state index contributed by atoms with van der Waals surface area (Å²) in [6.45, 7) is 4.72. The van der Waals surface area contributed by atoms with Gasteiger partial charge in [-0.1, -0.05) is 172 Å². The van der Waals surface area contributed by atoms with Gasteiger partial charge in [0, 0.05) is 42.3 Å². The van der Waals surface area contributed by atoms with Crippen LogP contribution in [0.25, 0.3) is 98.2 Å². The van der Waals surface area contributed by atoms with Crippen molar-refractivity contribution in [3.63, 3.8) is 0 Å². The average molecular weight is 733 g/mol. The average Bonchev–Trinajstić information content (AvgIpc) is 3.75. The molecule has 2 aromatic heterocycles. The third-order valence-corrected chi connectivity index (χ3v) is 12.9. The van der Waals surface area contributed by atoms with E-state index in [0.717, 1.165) is 33.6 Å². The topological polar surface area (TPSA) is 25.8 Å². The molecule has 264 valence electrons. The molecule has 0 saturated heterocycles. The normalized spacial score (nSPS) is 13.0. The van der Waals surface area contributed by atoms with Crippen LogP contribution in [0.3, 0.4) is 0 Å². The Morgan fingerprint density at radius 2 is 1.04 bits per heavy atom. The van der Waals surface area contributed by atoms with E-state index in [1.807, 2.05) is 17.4 Å². The predicted molar refractivity (Wildman–Crippen MR) is 237 cm³/mol. The van der Waals surface area contributed by atoms with Crippen LogP contribution in [-0.4, -0.2) is 9.97 Å². The molecule has 8 aromatic carbocycles. The first-order chi connectivity index (χ1) is 27.5. The SMILES string of the molecule is CC1(C)c2cc3ccccc3cc2-c2c(-c3ccccc3-c3cc(-c4ccc(-c5cccc6c5sc5ccccc56)cc4)nc(-c4ccccc4)n3)cccc21. The molecule has 0 unspecified atom stereocenters. The van der Waals surface area contributed by atoms with Crippen molar-refractivity contribution in [1.82, 2.24) is 9.97 Å². The molecule has 3 heteroatoms. The molecule has 0 radical (unpaired) electrons. The Labute approximate surface area is 330 Å². The zero-order valence-corrected chi connectivity index (χ0v) is 31.9. The van der Waals surface area contributed by atoms with Crippen molar-refractivity contribution in [2.75, 3.05) is 0 Å².